The third kappa shape index (κ3) is 4.53. The quantitative estimate of drug-likeness (QED) is 0.744. The van der Waals surface area contributed by atoms with Crippen molar-refractivity contribution in [3.63, 3.8) is 0 Å². The minimum atomic E-state index is -0.599. The smallest absolute Gasteiger partial charge is 0.150 e. The molecule has 0 saturated heterocycles. The Morgan fingerprint density at radius 1 is 1.00 bits per heavy atom. The first kappa shape index (κ1) is 16.0. The van der Waals surface area contributed by atoms with Crippen molar-refractivity contribution in [2.45, 2.75) is 26.8 Å². The van der Waals surface area contributed by atoms with Crippen molar-refractivity contribution in [2.24, 2.45) is 5.92 Å². The molecule has 2 rings (SSSR count). The number of rotatable bonds is 5. The van der Waals surface area contributed by atoms with Crippen LogP contribution in [-0.2, 0) is 13.0 Å². The highest BCUT2D eigenvalue weighted by atomic mass is 79.9. The van der Waals surface area contributed by atoms with E-state index < -0.39 is 11.6 Å². The van der Waals surface area contributed by atoms with Gasteiger partial charge in [0.2, 0.25) is 0 Å². The summed E-state index contributed by atoms with van der Waals surface area (Å²) in [5.41, 5.74) is 2.17. The Balaban J connectivity index is 2.03. The Morgan fingerprint density at radius 3 is 2.05 bits per heavy atom. The molecule has 2 aromatic rings. The summed E-state index contributed by atoms with van der Waals surface area (Å²) in [6, 6.07) is 10.6. The van der Waals surface area contributed by atoms with E-state index in [2.05, 4.69) is 47.2 Å². The molecular weight excluding hydrogens is 336 g/mol. The van der Waals surface area contributed by atoms with Crippen LogP contribution >= 0.6 is 15.9 Å². The molecule has 0 aliphatic rings. The number of nitrogens with one attached hydrogen (secondary N) is 1. The fourth-order valence-corrected chi connectivity index (χ4v) is 2.57. The summed E-state index contributed by atoms with van der Waals surface area (Å²) in [5, 5.41) is 2.81. The molecule has 0 bridgehead atoms. The summed E-state index contributed by atoms with van der Waals surface area (Å²) in [7, 11) is 0. The Morgan fingerprint density at radius 2 is 1.52 bits per heavy atom. The summed E-state index contributed by atoms with van der Waals surface area (Å²) in [6.07, 6.45) is 1.03. The van der Waals surface area contributed by atoms with E-state index in [4.69, 9.17) is 0 Å². The number of halogens is 3. The maximum atomic E-state index is 13.7. The highest BCUT2D eigenvalue weighted by Crippen LogP contribution is 2.24. The summed E-state index contributed by atoms with van der Waals surface area (Å²) >= 11 is 3.06. The Bertz CT molecular complexity index is 586. The van der Waals surface area contributed by atoms with Gasteiger partial charge in [-0.2, -0.15) is 0 Å². The maximum Gasteiger partial charge on any atom is 0.150 e. The second-order valence-corrected chi connectivity index (χ2v) is 6.43. The molecule has 0 aliphatic carbocycles. The Hall–Kier alpha value is -1.42. The van der Waals surface area contributed by atoms with Crippen LogP contribution in [0.1, 0.15) is 25.0 Å². The minimum Gasteiger partial charge on any atom is -0.376 e. The lowest BCUT2D eigenvalue weighted by Crippen LogP contribution is -2.04. The first-order valence-electron chi connectivity index (χ1n) is 6.92. The minimum absolute atomic E-state index is 0.0931. The van der Waals surface area contributed by atoms with Crippen molar-refractivity contribution in [2.75, 3.05) is 5.32 Å². The van der Waals surface area contributed by atoms with Gasteiger partial charge in [0.1, 0.15) is 17.3 Å². The third-order valence-electron chi connectivity index (χ3n) is 3.14. The van der Waals surface area contributed by atoms with Crippen molar-refractivity contribution in [1.29, 1.82) is 0 Å². The van der Waals surface area contributed by atoms with Crippen LogP contribution in [0.25, 0.3) is 0 Å². The molecule has 0 spiro atoms. The van der Waals surface area contributed by atoms with Crippen LogP contribution in [0.4, 0.5) is 14.5 Å². The van der Waals surface area contributed by atoms with Gasteiger partial charge in [-0.1, -0.05) is 54.0 Å². The van der Waals surface area contributed by atoms with Crippen molar-refractivity contribution in [3.05, 3.63) is 63.6 Å². The van der Waals surface area contributed by atoms with Crippen LogP contribution in [0, 0.1) is 17.6 Å². The third-order valence-corrected chi connectivity index (χ3v) is 3.60. The lowest BCUT2D eigenvalue weighted by molar-refractivity contribution is 0.586. The lowest BCUT2D eigenvalue weighted by Gasteiger charge is -2.10. The van der Waals surface area contributed by atoms with E-state index in [0.29, 0.717) is 16.9 Å². The largest absolute Gasteiger partial charge is 0.376 e. The predicted molar refractivity (Wildman–Crippen MR) is 86.4 cm³/mol. The van der Waals surface area contributed by atoms with Crippen molar-refractivity contribution in [3.8, 4) is 0 Å². The number of hydrogen-bond acceptors (Lipinski definition) is 1. The van der Waals surface area contributed by atoms with Crippen molar-refractivity contribution < 1.29 is 8.78 Å². The van der Waals surface area contributed by atoms with Crippen LogP contribution in [-0.4, -0.2) is 0 Å². The molecular formula is C17H18BrF2N. The molecule has 4 heteroatoms. The predicted octanol–water partition coefficient (Wildman–Crippen LogP) is 5.54. The van der Waals surface area contributed by atoms with Crippen molar-refractivity contribution >= 4 is 21.6 Å². The number of benzene rings is 2. The van der Waals surface area contributed by atoms with Gasteiger partial charge in [-0.3, -0.25) is 0 Å². The summed E-state index contributed by atoms with van der Waals surface area (Å²) < 4.78 is 27.8. The average Bonchev–Trinajstić information content (AvgIpc) is 2.38. The zero-order valence-corrected chi connectivity index (χ0v) is 13.7. The molecule has 0 unspecified atom stereocenters. The van der Waals surface area contributed by atoms with Gasteiger partial charge in [-0.05, 0) is 35.6 Å². The van der Waals surface area contributed by atoms with Gasteiger partial charge in [0.25, 0.3) is 0 Å². The van der Waals surface area contributed by atoms with Crippen LogP contribution in [0.2, 0.25) is 0 Å². The molecule has 0 aliphatic heterocycles. The first-order valence-corrected chi connectivity index (χ1v) is 7.71. The van der Waals surface area contributed by atoms with E-state index in [1.54, 1.807) is 0 Å². The van der Waals surface area contributed by atoms with Gasteiger partial charge in [0.05, 0.1) is 0 Å². The average molecular weight is 354 g/mol. The summed E-state index contributed by atoms with van der Waals surface area (Å²) in [4.78, 5) is 0. The zero-order valence-electron chi connectivity index (χ0n) is 12.1. The molecule has 0 amide bonds. The fraction of sp³-hybridized carbons (Fsp3) is 0.294. The molecule has 0 saturated carbocycles. The van der Waals surface area contributed by atoms with E-state index in [1.165, 1.54) is 17.7 Å². The van der Waals surface area contributed by atoms with Gasteiger partial charge < -0.3 is 5.32 Å². The van der Waals surface area contributed by atoms with E-state index in [1.807, 2.05) is 12.1 Å². The van der Waals surface area contributed by atoms with Gasteiger partial charge in [0.15, 0.2) is 0 Å². The normalized spacial score (nSPS) is 11.0. The highest BCUT2D eigenvalue weighted by Gasteiger charge is 2.10. The monoisotopic (exact) mass is 353 g/mol. The van der Waals surface area contributed by atoms with Gasteiger partial charge in [-0.15, -0.1) is 0 Å². The van der Waals surface area contributed by atoms with Gasteiger partial charge in [0, 0.05) is 11.0 Å². The van der Waals surface area contributed by atoms with E-state index in [-0.39, 0.29) is 5.69 Å². The Labute approximate surface area is 132 Å². The topological polar surface area (TPSA) is 12.0 Å². The van der Waals surface area contributed by atoms with Crippen LogP contribution in [0.5, 0.6) is 0 Å². The summed E-state index contributed by atoms with van der Waals surface area (Å²) in [5.74, 6) is -0.587. The fourth-order valence-electron chi connectivity index (χ4n) is 2.17. The van der Waals surface area contributed by atoms with Gasteiger partial charge >= 0.3 is 0 Å². The van der Waals surface area contributed by atoms with Crippen LogP contribution in [0.3, 0.4) is 0 Å². The number of hydrogen-bond donors (Lipinski definition) is 1. The second kappa shape index (κ2) is 7.03. The molecule has 1 nitrogen and oxygen atoms in total. The SMILES string of the molecule is CC(C)Cc1ccc(CNc2c(F)cc(Br)cc2F)cc1. The molecule has 0 fully saturated rings. The Kier molecular flexibility index (Phi) is 5.34. The molecule has 0 radical (unpaired) electrons. The molecule has 1 N–H and O–H groups in total. The molecule has 0 atom stereocenters. The van der Waals surface area contributed by atoms with E-state index in [9.17, 15) is 8.78 Å². The molecule has 0 aromatic heterocycles. The van der Waals surface area contributed by atoms with Crippen molar-refractivity contribution in [1.82, 2.24) is 0 Å². The second-order valence-electron chi connectivity index (χ2n) is 5.51. The standard InChI is InChI=1S/C17H18BrF2N/c1-11(2)7-12-3-5-13(6-4-12)10-21-17-15(19)8-14(18)9-16(17)20/h3-6,8-9,11,21H,7,10H2,1-2H3. The zero-order chi connectivity index (χ0) is 15.4. The van der Waals surface area contributed by atoms with Crippen LogP contribution < -0.4 is 5.32 Å². The van der Waals surface area contributed by atoms with E-state index in [0.717, 1.165) is 12.0 Å². The van der Waals surface area contributed by atoms with Gasteiger partial charge in [-0.25, -0.2) is 8.78 Å². The first-order chi connectivity index (χ1) is 9.95. The maximum absolute atomic E-state index is 13.7. The molecule has 21 heavy (non-hydrogen) atoms. The molecule has 2 aromatic carbocycles. The van der Waals surface area contributed by atoms with E-state index >= 15 is 0 Å². The molecule has 112 valence electrons. The van der Waals surface area contributed by atoms with Crippen LogP contribution in [0.15, 0.2) is 40.9 Å². The molecule has 0 heterocycles. The number of anilines is 1. The highest BCUT2D eigenvalue weighted by molar-refractivity contribution is 9.10. The summed E-state index contributed by atoms with van der Waals surface area (Å²) in [6.45, 7) is 4.74. The lowest BCUT2D eigenvalue weighted by atomic mass is 10.0.